The number of nitrogens with zero attached hydrogens (tertiary/aromatic N) is 4. The van der Waals surface area contributed by atoms with E-state index in [1.165, 1.54) is 26.0 Å². The molecule has 34 heavy (non-hydrogen) atoms. The van der Waals surface area contributed by atoms with Gasteiger partial charge < -0.3 is 15.6 Å². The Labute approximate surface area is 198 Å². The molecule has 12 heteroatoms. The summed E-state index contributed by atoms with van der Waals surface area (Å²) in [6, 6.07) is 9.95. The fourth-order valence-corrected chi connectivity index (χ4v) is 5.99. The highest BCUT2D eigenvalue weighted by molar-refractivity contribution is 7.89. The molecule has 11 nitrogen and oxygen atoms in total. The van der Waals surface area contributed by atoms with Gasteiger partial charge in [-0.15, -0.1) is 0 Å². The van der Waals surface area contributed by atoms with Crippen molar-refractivity contribution in [3.63, 3.8) is 0 Å². The number of carbonyl (C=O) groups excluding carboxylic acids is 3. The molecule has 1 aromatic heterocycles. The van der Waals surface area contributed by atoms with Gasteiger partial charge in [0.2, 0.25) is 10.0 Å². The van der Waals surface area contributed by atoms with Crippen molar-refractivity contribution in [2.75, 3.05) is 32.8 Å². The molecule has 0 aliphatic carbocycles. The van der Waals surface area contributed by atoms with Gasteiger partial charge >= 0.3 is 6.03 Å². The number of nitrogens with two attached hydrogens (primary N) is 1. The zero-order valence-corrected chi connectivity index (χ0v) is 19.9. The molecular formula is C22H28N6O5S. The smallest absolute Gasteiger partial charge is 0.326 e. The maximum Gasteiger partial charge on any atom is 0.326 e. The SMILES string of the molecule is CCC1(c2ccccc2)NC(=O)N(CN2CCN(S(=O)(=O)c3cc(C(N)=O)n(C)c3)CC2)C1=O. The number of aryl methyl sites for hydroxylation is 1. The van der Waals surface area contributed by atoms with E-state index in [2.05, 4.69) is 5.32 Å². The van der Waals surface area contributed by atoms with E-state index in [4.69, 9.17) is 5.73 Å². The number of hydrogen-bond donors (Lipinski definition) is 2. The van der Waals surface area contributed by atoms with Crippen molar-refractivity contribution in [1.29, 1.82) is 0 Å². The van der Waals surface area contributed by atoms with Crippen molar-refractivity contribution >= 4 is 27.9 Å². The van der Waals surface area contributed by atoms with Gasteiger partial charge in [-0.25, -0.2) is 18.1 Å². The zero-order valence-electron chi connectivity index (χ0n) is 19.1. The van der Waals surface area contributed by atoms with Crippen molar-refractivity contribution in [2.45, 2.75) is 23.8 Å². The van der Waals surface area contributed by atoms with Crippen LogP contribution in [0.15, 0.2) is 47.5 Å². The van der Waals surface area contributed by atoms with Crippen LogP contribution in [0.2, 0.25) is 0 Å². The molecule has 0 spiro atoms. The molecular weight excluding hydrogens is 460 g/mol. The Bertz CT molecular complexity index is 1220. The van der Waals surface area contributed by atoms with E-state index < -0.39 is 27.5 Å². The number of carbonyl (C=O) groups is 3. The Morgan fingerprint density at radius 1 is 1.12 bits per heavy atom. The number of imide groups is 1. The number of nitrogens with one attached hydrogen (secondary N) is 1. The van der Waals surface area contributed by atoms with Crippen LogP contribution in [0.5, 0.6) is 0 Å². The van der Waals surface area contributed by atoms with Crippen molar-refractivity contribution in [2.24, 2.45) is 12.8 Å². The van der Waals surface area contributed by atoms with Gasteiger partial charge in [0.15, 0.2) is 0 Å². The number of rotatable bonds is 7. The maximum absolute atomic E-state index is 13.3. The highest BCUT2D eigenvalue weighted by Gasteiger charge is 2.51. The van der Waals surface area contributed by atoms with Gasteiger partial charge in [0, 0.05) is 39.4 Å². The van der Waals surface area contributed by atoms with Crippen molar-refractivity contribution in [3.05, 3.63) is 53.9 Å². The number of piperazine rings is 1. The summed E-state index contributed by atoms with van der Waals surface area (Å²) in [6.45, 7) is 2.98. The number of sulfonamides is 1. The van der Waals surface area contributed by atoms with Crippen LogP contribution in [0.25, 0.3) is 0 Å². The number of primary amides is 1. The Morgan fingerprint density at radius 2 is 1.76 bits per heavy atom. The van der Waals surface area contributed by atoms with Gasteiger partial charge in [0.05, 0.1) is 6.67 Å². The third-order valence-electron chi connectivity index (χ3n) is 6.52. The van der Waals surface area contributed by atoms with Gasteiger partial charge in [-0.2, -0.15) is 4.31 Å². The lowest BCUT2D eigenvalue weighted by Crippen LogP contribution is -2.52. The molecule has 4 amide bonds. The van der Waals surface area contributed by atoms with E-state index in [1.54, 1.807) is 7.05 Å². The Hall–Kier alpha value is -3.22. The highest BCUT2D eigenvalue weighted by Crippen LogP contribution is 2.32. The topological polar surface area (TPSA) is 138 Å². The summed E-state index contributed by atoms with van der Waals surface area (Å²) < 4.78 is 28.8. The van der Waals surface area contributed by atoms with Crippen LogP contribution in [-0.4, -0.2) is 77.8 Å². The molecule has 0 saturated carbocycles. The van der Waals surface area contributed by atoms with Gasteiger partial charge in [-0.05, 0) is 18.1 Å². The maximum atomic E-state index is 13.3. The molecule has 2 aliphatic heterocycles. The zero-order chi connectivity index (χ0) is 24.7. The van der Waals surface area contributed by atoms with Crippen molar-refractivity contribution < 1.29 is 22.8 Å². The Kier molecular flexibility index (Phi) is 6.23. The molecule has 3 N–H and O–H groups in total. The molecule has 2 saturated heterocycles. The third kappa shape index (κ3) is 3.97. The molecule has 2 aliphatic rings. The quantitative estimate of drug-likeness (QED) is 0.536. The van der Waals surface area contributed by atoms with Crippen LogP contribution < -0.4 is 11.1 Å². The van der Waals surface area contributed by atoms with E-state index in [-0.39, 0.29) is 36.3 Å². The second-order valence-electron chi connectivity index (χ2n) is 8.49. The average Bonchev–Trinajstić information content (AvgIpc) is 3.34. The van der Waals surface area contributed by atoms with E-state index >= 15 is 0 Å². The fourth-order valence-electron chi connectivity index (χ4n) is 4.50. The van der Waals surface area contributed by atoms with E-state index in [9.17, 15) is 22.8 Å². The summed E-state index contributed by atoms with van der Waals surface area (Å²) in [6.07, 6.45) is 1.78. The standard InChI is InChI=1S/C22H28N6O5S/c1-3-22(16-7-5-4-6-8-16)20(30)28(21(31)24-22)15-26-9-11-27(12-10-26)34(32,33)17-13-18(19(23)29)25(2)14-17/h4-8,13-14H,3,9-12,15H2,1-2H3,(H2,23,29)(H,24,31). The first-order valence-corrected chi connectivity index (χ1v) is 12.4. The molecule has 0 bridgehead atoms. The van der Waals surface area contributed by atoms with Crippen LogP contribution >= 0.6 is 0 Å². The minimum atomic E-state index is -3.81. The molecule has 0 radical (unpaired) electrons. The molecule has 1 aromatic carbocycles. The number of urea groups is 1. The predicted octanol–water partition coefficient (Wildman–Crippen LogP) is 0.245. The molecule has 1 atom stereocenters. The summed E-state index contributed by atoms with van der Waals surface area (Å²) in [4.78, 5) is 40.6. The molecule has 2 fully saturated rings. The first-order chi connectivity index (χ1) is 16.1. The summed E-state index contributed by atoms with van der Waals surface area (Å²) in [7, 11) is -2.25. The van der Waals surface area contributed by atoms with Gasteiger partial charge in [0.25, 0.3) is 11.8 Å². The summed E-state index contributed by atoms with van der Waals surface area (Å²) >= 11 is 0. The molecule has 182 valence electrons. The van der Waals surface area contributed by atoms with Gasteiger partial charge in [-0.3, -0.25) is 14.5 Å². The largest absolute Gasteiger partial charge is 0.364 e. The summed E-state index contributed by atoms with van der Waals surface area (Å²) in [5.74, 6) is -1.02. The van der Waals surface area contributed by atoms with E-state index in [0.717, 1.165) is 5.56 Å². The van der Waals surface area contributed by atoms with Gasteiger partial charge in [0.1, 0.15) is 16.1 Å². The molecule has 3 heterocycles. The monoisotopic (exact) mass is 488 g/mol. The summed E-state index contributed by atoms with van der Waals surface area (Å²) in [5.41, 5.74) is 5.03. The molecule has 4 rings (SSSR count). The van der Waals surface area contributed by atoms with E-state index in [1.807, 2.05) is 42.2 Å². The van der Waals surface area contributed by atoms with Gasteiger partial charge in [-0.1, -0.05) is 37.3 Å². The highest BCUT2D eigenvalue weighted by atomic mass is 32.2. The normalized spacial score (nSPS) is 22.2. The fraction of sp³-hybridized carbons (Fsp3) is 0.409. The molecule has 1 unspecified atom stereocenters. The lowest BCUT2D eigenvalue weighted by Gasteiger charge is -2.35. The number of hydrogen-bond acceptors (Lipinski definition) is 6. The van der Waals surface area contributed by atoms with Crippen LogP contribution in [-0.2, 0) is 27.4 Å². The lowest BCUT2D eigenvalue weighted by molar-refractivity contribution is -0.133. The number of amides is 4. The average molecular weight is 489 g/mol. The predicted molar refractivity (Wildman–Crippen MR) is 123 cm³/mol. The minimum absolute atomic E-state index is 0.00180. The Balaban J connectivity index is 1.43. The Morgan fingerprint density at radius 3 is 2.32 bits per heavy atom. The molecule has 2 aromatic rings. The third-order valence-corrected chi connectivity index (χ3v) is 8.38. The second kappa shape index (κ2) is 8.85. The van der Waals surface area contributed by atoms with Crippen molar-refractivity contribution in [3.8, 4) is 0 Å². The van der Waals surface area contributed by atoms with Crippen LogP contribution in [0.3, 0.4) is 0 Å². The van der Waals surface area contributed by atoms with E-state index in [0.29, 0.717) is 19.5 Å². The first kappa shape index (κ1) is 23.9. The van der Waals surface area contributed by atoms with Crippen LogP contribution in [0.1, 0.15) is 29.4 Å². The number of aromatic nitrogens is 1. The first-order valence-electron chi connectivity index (χ1n) is 11.0. The van der Waals surface area contributed by atoms with Crippen LogP contribution in [0, 0.1) is 0 Å². The van der Waals surface area contributed by atoms with Crippen molar-refractivity contribution in [1.82, 2.24) is 24.0 Å². The lowest BCUT2D eigenvalue weighted by atomic mass is 9.87. The second-order valence-corrected chi connectivity index (χ2v) is 10.4. The van der Waals surface area contributed by atoms with Crippen LogP contribution in [0.4, 0.5) is 4.79 Å². The summed E-state index contributed by atoms with van der Waals surface area (Å²) in [5, 5.41) is 2.86. The minimum Gasteiger partial charge on any atom is -0.364 e. The number of benzene rings is 1.